The van der Waals surface area contributed by atoms with Crippen molar-refractivity contribution in [1.82, 2.24) is 0 Å². The lowest BCUT2D eigenvalue weighted by molar-refractivity contribution is -0.120. The molecule has 0 aliphatic rings. The van der Waals surface area contributed by atoms with Gasteiger partial charge in [-0.3, -0.25) is 4.79 Å². The fraction of sp³-hybridized carbons (Fsp3) is 0.188. The fourth-order valence-corrected chi connectivity index (χ4v) is 2.01. The summed E-state index contributed by atoms with van der Waals surface area (Å²) in [6, 6.07) is 11.6. The number of hydrogen-bond acceptors (Lipinski definition) is 2. The van der Waals surface area contributed by atoms with Gasteiger partial charge in [0.2, 0.25) is 5.91 Å². The third kappa shape index (κ3) is 3.86. The Labute approximate surface area is 121 Å². The van der Waals surface area contributed by atoms with E-state index in [4.69, 9.17) is 5.73 Å². The largest absolute Gasteiger partial charge is 0.326 e. The minimum atomic E-state index is -0.745. The maximum atomic E-state index is 13.1. The Kier molecular flexibility index (Phi) is 4.65. The molecule has 21 heavy (non-hydrogen) atoms. The molecule has 0 fully saturated rings. The van der Waals surface area contributed by atoms with Gasteiger partial charge in [-0.2, -0.15) is 0 Å². The van der Waals surface area contributed by atoms with Crippen LogP contribution < -0.4 is 11.1 Å². The zero-order valence-corrected chi connectivity index (χ0v) is 11.5. The molecule has 2 unspecified atom stereocenters. The second kappa shape index (κ2) is 6.45. The van der Waals surface area contributed by atoms with E-state index in [1.807, 2.05) is 30.3 Å². The standard InChI is InChI=1S/C16H16F2N2O/c1-10(15(19)11-5-3-2-4-6-11)16(21)20-14-8-12(17)7-13(18)9-14/h2-10,15H,19H2,1H3,(H,20,21). The molecule has 0 spiro atoms. The second-order valence-corrected chi connectivity index (χ2v) is 4.87. The monoisotopic (exact) mass is 290 g/mol. The summed E-state index contributed by atoms with van der Waals surface area (Å²) in [5, 5.41) is 2.48. The van der Waals surface area contributed by atoms with E-state index in [1.54, 1.807) is 6.92 Å². The number of carbonyl (C=O) groups is 1. The molecule has 3 nitrogen and oxygen atoms in total. The second-order valence-electron chi connectivity index (χ2n) is 4.87. The van der Waals surface area contributed by atoms with Gasteiger partial charge in [0.25, 0.3) is 0 Å². The van der Waals surface area contributed by atoms with Crippen LogP contribution in [0.4, 0.5) is 14.5 Å². The summed E-state index contributed by atoms with van der Waals surface area (Å²) in [6.45, 7) is 1.67. The highest BCUT2D eigenvalue weighted by atomic mass is 19.1. The molecule has 110 valence electrons. The number of rotatable bonds is 4. The number of carbonyl (C=O) groups excluding carboxylic acids is 1. The summed E-state index contributed by atoms with van der Waals surface area (Å²) < 4.78 is 26.2. The van der Waals surface area contributed by atoms with Crippen LogP contribution in [0.15, 0.2) is 48.5 Å². The Hall–Kier alpha value is -2.27. The molecule has 5 heteroatoms. The first-order valence-electron chi connectivity index (χ1n) is 6.55. The van der Waals surface area contributed by atoms with Crippen LogP contribution in [-0.2, 0) is 4.79 Å². The lowest BCUT2D eigenvalue weighted by Gasteiger charge is -2.19. The molecule has 0 radical (unpaired) electrons. The summed E-state index contributed by atoms with van der Waals surface area (Å²) in [6.07, 6.45) is 0. The Morgan fingerprint density at radius 3 is 2.24 bits per heavy atom. The lowest BCUT2D eigenvalue weighted by Crippen LogP contribution is -2.30. The highest BCUT2D eigenvalue weighted by Gasteiger charge is 2.22. The minimum absolute atomic E-state index is 0.0737. The predicted octanol–water partition coefficient (Wildman–Crippen LogP) is 3.24. The maximum absolute atomic E-state index is 13.1. The zero-order chi connectivity index (χ0) is 15.4. The third-order valence-corrected chi connectivity index (χ3v) is 3.27. The summed E-state index contributed by atoms with van der Waals surface area (Å²) in [7, 11) is 0. The normalized spacial score (nSPS) is 13.5. The fourth-order valence-electron chi connectivity index (χ4n) is 2.01. The number of amides is 1. The van der Waals surface area contributed by atoms with Gasteiger partial charge in [-0.25, -0.2) is 8.78 Å². The van der Waals surface area contributed by atoms with Crippen molar-refractivity contribution in [2.75, 3.05) is 5.32 Å². The van der Waals surface area contributed by atoms with Crippen molar-refractivity contribution in [2.24, 2.45) is 11.7 Å². The van der Waals surface area contributed by atoms with Crippen molar-refractivity contribution < 1.29 is 13.6 Å². The van der Waals surface area contributed by atoms with Crippen LogP contribution in [-0.4, -0.2) is 5.91 Å². The van der Waals surface area contributed by atoms with Gasteiger partial charge in [-0.1, -0.05) is 37.3 Å². The molecule has 0 bridgehead atoms. The summed E-state index contributed by atoms with van der Waals surface area (Å²) in [5.74, 6) is -2.43. The van der Waals surface area contributed by atoms with Crippen molar-refractivity contribution in [1.29, 1.82) is 0 Å². The van der Waals surface area contributed by atoms with Crippen LogP contribution in [0, 0.1) is 17.6 Å². The van der Waals surface area contributed by atoms with Crippen molar-refractivity contribution >= 4 is 11.6 Å². The lowest BCUT2D eigenvalue weighted by atomic mass is 9.94. The summed E-state index contributed by atoms with van der Waals surface area (Å²) in [4.78, 5) is 12.1. The topological polar surface area (TPSA) is 55.1 Å². The zero-order valence-electron chi connectivity index (χ0n) is 11.5. The SMILES string of the molecule is CC(C(=O)Nc1cc(F)cc(F)c1)C(N)c1ccccc1. The number of nitrogens with two attached hydrogens (primary N) is 1. The van der Waals surface area contributed by atoms with Crippen LogP contribution in [0.5, 0.6) is 0 Å². The highest BCUT2D eigenvalue weighted by Crippen LogP contribution is 2.21. The molecule has 0 aromatic heterocycles. The number of hydrogen-bond donors (Lipinski definition) is 2. The molecule has 0 heterocycles. The van der Waals surface area contributed by atoms with Gasteiger partial charge < -0.3 is 11.1 Å². The van der Waals surface area contributed by atoms with Crippen molar-refractivity contribution in [2.45, 2.75) is 13.0 Å². The predicted molar refractivity (Wildman–Crippen MR) is 77.5 cm³/mol. The van der Waals surface area contributed by atoms with Crippen LogP contribution >= 0.6 is 0 Å². The summed E-state index contributed by atoms with van der Waals surface area (Å²) in [5.41, 5.74) is 6.94. The van der Waals surface area contributed by atoms with Crippen LogP contribution in [0.3, 0.4) is 0 Å². The number of nitrogens with one attached hydrogen (secondary N) is 1. The molecule has 0 saturated heterocycles. The van der Waals surface area contributed by atoms with Crippen molar-refractivity contribution in [3.05, 3.63) is 65.7 Å². The van der Waals surface area contributed by atoms with Crippen LogP contribution in [0.1, 0.15) is 18.5 Å². The minimum Gasteiger partial charge on any atom is -0.326 e. The Balaban J connectivity index is 2.09. The van der Waals surface area contributed by atoms with Gasteiger partial charge in [0.15, 0.2) is 0 Å². The van der Waals surface area contributed by atoms with Gasteiger partial charge in [-0.15, -0.1) is 0 Å². The Morgan fingerprint density at radius 1 is 1.10 bits per heavy atom. The molecular weight excluding hydrogens is 274 g/mol. The van der Waals surface area contributed by atoms with E-state index in [2.05, 4.69) is 5.32 Å². The van der Waals surface area contributed by atoms with E-state index in [1.165, 1.54) is 0 Å². The molecule has 3 N–H and O–H groups in total. The Bertz CT molecular complexity index is 611. The molecule has 2 aromatic rings. The number of benzene rings is 2. The van der Waals surface area contributed by atoms with Crippen LogP contribution in [0.25, 0.3) is 0 Å². The smallest absolute Gasteiger partial charge is 0.229 e. The number of halogens is 2. The first kappa shape index (κ1) is 15.1. The maximum Gasteiger partial charge on any atom is 0.229 e. The molecule has 2 atom stereocenters. The summed E-state index contributed by atoms with van der Waals surface area (Å²) >= 11 is 0. The van der Waals surface area contributed by atoms with E-state index in [9.17, 15) is 13.6 Å². The average Bonchev–Trinajstić information content (AvgIpc) is 2.45. The van der Waals surface area contributed by atoms with Gasteiger partial charge >= 0.3 is 0 Å². The van der Waals surface area contributed by atoms with Gasteiger partial charge in [0, 0.05) is 17.8 Å². The van der Waals surface area contributed by atoms with Gasteiger partial charge in [0.05, 0.1) is 5.92 Å². The molecule has 0 saturated carbocycles. The molecule has 0 aliphatic heterocycles. The third-order valence-electron chi connectivity index (χ3n) is 3.27. The highest BCUT2D eigenvalue weighted by molar-refractivity contribution is 5.92. The van der Waals surface area contributed by atoms with E-state index >= 15 is 0 Å². The van der Waals surface area contributed by atoms with Crippen LogP contribution in [0.2, 0.25) is 0 Å². The van der Waals surface area contributed by atoms with E-state index < -0.39 is 29.5 Å². The molecule has 2 aromatic carbocycles. The molecular formula is C16H16F2N2O. The average molecular weight is 290 g/mol. The Morgan fingerprint density at radius 2 is 1.67 bits per heavy atom. The van der Waals surface area contributed by atoms with Crippen molar-refractivity contribution in [3.8, 4) is 0 Å². The van der Waals surface area contributed by atoms with Gasteiger partial charge in [-0.05, 0) is 17.7 Å². The van der Waals surface area contributed by atoms with E-state index in [0.29, 0.717) is 0 Å². The van der Waals surface area contributed by atoms with Crippen molar-refractivity contribution in [3.63, 3.8) is 0 Å². The number of anilines is 1. The van der Waals surface area contributed by atoms with E-state index in [-0.39, 0.29) is 5.69 Å². The van der Waals surface area contributed by atoms with E-state index in [0.717, 1.165) is 23.8 Å². The van der Waals surface area contributed by atoms with Gasteiger partial charge in [0.1, 0.15) is 11.6 Å². The first-order chi connectivity index (χ1) is 9.97. The first-order valence-corrected chi connectivity index (χ1v) is 6.55. The molecule has 2 rings (SSSR count). The molecule has 0 aliphatic carbocycles. The molecule has 1 amide bonds. The quantitative estimate of drug-likeness (QED) is 0.908.